The summed E-state index contributed by atoms with van der Waals surface area (Å²) >= 11 is 7.46. The Balaban J connectivity index is 1.60. The van der Waals surface area contributed by atoms with Gasteiger partial charge < -0.3 is 5.32 Å². The Morgan fingerprint density at radius 3 is 2.73 bits per heavy atom. The van der Waals surface area contributed by atoms with E-state index in [-0.39, 0.29) is 12.1 Å². The lowest BCUT2D eigenvalue weighted by Crippen LogP contribution is -2.31. The molecule has 0 bridgehead atoms. The standard InChI is InChI=1S/C16H18ClN3OS/c1-10(11-6-8-12(17)9-7-11)18-15(21)20-16-19-13-4-2-3-5-14(13)22-16/h6-10H,2-5H2,1H3,(H2,18,19,20,21). The molecule has 0 saturated carbocycles. The Morgan fingerprint density at radius 1 is 1.27 bits per heavy atom. The quantitative estimate of drug-likeness (QED) is 0.864. The van der Waals surface area contributed by atoms with Gasteiger partial charge in [0.2, 0.25) is 0 Å². The molecule has 1 aliphatic rings. The van der Waals surface area contributed by atoms with E-state index in [9.17, 15) is 4.79 Å². The van der Waals surface area contributed by atoms with E-state index < -0.39 is 0 Å². The van der Waals surface area contributed by atoms with Crippen molar-refractivity contribution in [2.24, 2.45) is 0 Å². The number of hydrogen-bond acceptors (Lipinski definition) is 3. The second-order valence-corrected chi connectivity index (χ2v) is 6.99. The molecular weight excluding hydrogens is 318 g/mol. The zero-order valence-electron chi connectivity index (χ0n) is 12.4. The van der Waals surface area contributed by atoms with Gasteiger partial charge in [0.1, 0.15) is 0 Å². The third kappa shape index (κ3) is 3.59. The van der Waals surface area contributed by atoms with Gasteiger partial charge in [-0.15, -0.1) is 11.3 Å². The first-order chi connectivity index (χ1) is 10.6. The van der Waals surface area contributed by atoms with Crippen LogP contribution in [0.5, 0.6) is 0 Å². The Morgan fingerprint density at radius 2 is 2.00 bits per heavy atom. The molecule has 116 valence electrons. The zero-order valence-corrected chi connectivity index (χ0v) is 13.9. The predicted molar refractivity (Wildman–Crippen MR) is 90.8 cm³/mol. The van der Waals surface area contributed by atoms with Gasteiger partial charge in [-0.1, -0.05) is 23.7 Å². The Labute approximate surface area is 138 Å². The minimum absolute atomic E-state index is 0.0909. The lowest BCUT2D eigenvalue weighted by molar-refractivity contribution is 0.249. The minimum atomic E-state index is -0.228. The van der Waals surface area contributed by atoms with E-state index in [0.717, 1.165) is 24.1 Å². The highest BCUT2D eigenvalue weighted by atomic mass is 35.5. The molecule has 6 heteroatoms. The molecule has 1 aliphatic carbocycles. The lowest BCUT2D eigenvalue weighted by Gasteiger charge is -2.14. The van der Waals surface area contributed by atoms with Crippen molar-refractivity contribution in [2.45, 2.75) is 38.6 Å². The van der Waals surface area contributed by atoms with Crippen LogP contribution in [0, 0.1) is 0 Å². The number of amides is 2. The fourth-order valence-electron chi connectivity index (χ4n) is 2.57. The third-order valence-electron chi connectivity index (χ3n) is 3.78. The largest absolute Gasteiger partial charge is 0.331 e. The summed E-state index contributed by atoms with van der Waals surface area (Å²) in [5.41, 5.74) is 2.16. The maximum absolute atomic E-state index is 12.1. The second kappa shape index (κ2) is 6.67. The van der Waals surface area contributed by atoms with Crippen LogP contribution in [0.4, 0.5) is 9.93 Å². The molecule has 0 radical (unpaired) electrons. The maximum Gasteiger partial charge on any atom is 0.321 e. The minimum Gasteiger partial charge on any atom is -0.331 e. The smallest absolute Gasteiger partial charge is 0.321 e. The number of hydrogen-bond donors (Lipinski definition) is 2. The fourth-order valence-corrected chi connectivity index (χ4v) is 3.74. The van der Waals surface area contributed by atoms with Gasteiger partial charge in [-0.05, 0) is 50.3 Å². The number of aryl methyl sites for hydroxylation is 2. The number of benzene rings is 1. The van der Waals surface area contributed by atoms with E-state index in [1.807, 2.05) is 31.2 Å². The number of thiazole rings is 1. The summed E-state index contributed by atoms with van der Waals surface area (Å²) in [5.74, 6) is 0. The number of nitrogens with one attached hydrogen (secondary N) is 2. The van der Waals surface area contributed by atoms with Gasteiger partial charge >= 0.3 is 6.03 Å². The first-order valence-electron chi connectivity index (χ1n) is 7.43. The summed E-state index contributed by atoms with van der Waals surface area (Å²) < 4.78 is 0. The van der Waals surface area contributed by atoms with Crippen LogP contribution >= 0.6 is 22.9 Å². The van der Waals surface area contributed by atoms with Gasteiger partial charge in [0.25, 0.3) is 0 Å². The number of carbonyl (C=O) groups excluding carboxylic acids is 1. The maximum atomic E-state index is 12.1. The molecule has 2 N–H and O–H groups in total. The highest BCUT2D eigenvalue weighted by Crippen LogP contribution is 2.29. The number of halogens is 1. The summed E-state index contributed by atoms with van der Waals surface area (Å²) in [7, 11) is 0. The molecule has 1 atom stereocenters. The molecule has 1 aromatic carbocycles. The number of rotatable bonds is 3. The van der Waals surface area contributed by atoms with Crippen LogP contribution in [-0.2, 0) is 12.8 Å². The Kier molecular flexibility index (Phi) is 4.64. The number of aromatic nitrogens is 1. The second-order valence-electron chi connectivity index (χ2n) is 5.47. The van der Waals surface area contributed by atoms with Gasteiger partial charge in [0, 0.05) is 9.90 Å². The predicted octanol–water partition coefficient (Wildman–Crippen LogP) is 4.56. The molecule has 2 aromatic rings. The van der Waals surface area contributed by atoms with Crippen molar-refractivity contribution in [3.8, 4) is 0 Å². The Hall–Kier alpha value is -1.59. The van der Waals surface area contributed by atoms with E-state index in [2.05, 4.69) is 15.6 Å². The highest BCUT2D eigenvalue weighted by molar-refractivity contribution is 7.15. The van der Waals surface area contributed by atoms with Crippen molar-refractivity contribution in [1.29, 1.82) is 0 Å². The van der Waals surface area contributed by atoms with Crippen molar-refractivity contribution < 1.29 is 4.79 Å². The third-order valence-corrected chi connectivity index (χ3v) is 5.11. The van der Waals surface area contributed by atoms with Gasteiger partial charge in [-0.3, -0.25) is 5.32 Å². The molecule has 0 spiro atoms. The highest BCUT2D eigenvalue weighted by Gasteiger charge is 2.17. The number of urea groups is 1. The summed E-state index contributed by atoms with van der Waals surface area (Å²) in [6, 6.07) is 7.15. The van der Waals surface area contributed by atoms with E-state index in [0.29, 0.717) is 10.2 Å². The summed E-state index contributed by atoms with van der Waals surface area (Å²) in [6.07, 6.45) is 4.51. The number of anilines is 1. The number of fused-ring (bicyclic) bond motifs is 1. The molecule has 1 heterocycles. The van der Waals surface area contributed by atoms with Crippen LogP contribution in [0.3, 0.4) is 0 Å². The van der Waals surface area contributed by atoms with E-state index >= 15 is 0 Å². The lowest BCUT2D eigenvalue weighted by atomic mass is 10.0. The van der Waals surface area contributed by atoms with E-state index in [1.165, 1.54) is 17.7 Å². The zero-order chi connectivity index (χ0) is 15.5. The van der Waals surface area contributed by atoms with Crippen molar-refractivity contribution in [2.75, 3.05) is 5.32 Å². The number of nitrogens with zero attached hydrogens (tertiary/aromatic N) is 1. The first kappa shape index (κ1) is 15.3. The average molecular weight is 336 g/mol. The summed E-state index contributed by atoms with van der Waals surface area (Å²) in [6.45, 7) is 1.94. The Bertz CT molecular complexity index is 645. The number of carbonyl (C=O) groups is 1. The van der Waals surface area contributed by atoms with Crippen LogP contribution < -0.4 is 10.6 Å². The van der Waals surface area contributed by atoms with Crippen molar-refractivity contribution in [3.63, 3.8) is 0 Å². The molecule has 0 saturated heterocycles. The molecule has 1 unspecified atom stereocenters. The first-order valence-corrected chi connectivity index (χ1v) is 8.63. The van der Waals surface area contributed by atoms with Gasteiger partial charge in [-0.2, -0.15) is 0 Å². The normalized spacial score (nSPS) is 15.0. The molecule has 0 fully saturated rings. The monoisotopic (exact) mass is 335 g/mol. The molecular formula is C16H18ClN3OS. The van der Waals surface area contributed by atoms with Gasteiger partial charge in [0.05, 0.1) is 11.7 Å². The van der Waals surface area contributed by atoms with Gasteiger partial charge in [0.15, 0.2) is 5.13 Å². The van der Waals surface area contributed by atoms with Crippen LogP contribution in [0.25, 0.3) is 0 Å². The molecule has 2 amide bonds. The van der Waals surface area contributed by atoms with Crippen LogP contribution in [0.1, 0.15) is 41.9 Å². The van der Waals surface area contributed by atoms with E-state index in [1.54, 1.807) is 11.3 Å². The molecule has 22 heavy (non-hydrogen) atoms. The van der Waals surface area contributed by atoms with Crippen LogP contribution in [-0.4, -0.2) is 11.0 Å². The molecule has 1 aromatic heterocycles. The molecule has 3 rings (SSSR count). The van der Waals surface area contributed by atoms with Crippen LogP contribution in [0.15, 0.2) is 24.3 Å². The topological polar surface area (TPSA) is 54.0 Å². The SMILES string of the molecule is CC(NC(=O)Nc1nc2c(s1)CCCC2)c1ccc(Cl)cc1. The van der Waals surface area contributed by atoms with Crippen molar-refractivity contribution >= 4 is 34.1 Å². The van der Waals surface area contributed by atoms with Gasteiger partial charge in [-0.25, -0.2) is 9.78 Å². The molecule has 4 nitrogen and oxygen atoms in total. The van der Waals surface area contributed by atoms with Crippen molar-refractivity contribution in [1.82, 2.24) is 10.3 Å². The fraction of sp³-hybridized carbons (Fsp3) is 0.375. The van der Waals surface area contributed by atoms with Crippen molar-refractivity contribution in [3.05, 3.63) is 45.4 Å². The average Bonchev–Trinajstić information content (AvgIpc) is 2.89. The summed E-state index contributed by atoms with van der Waals surface area (Å²) in [4.78, 5) is 17.9. The molecule has 0 aliphatic heterocycles. The van der Waals surface area contributed by atoms with Crippen LogP contribution in [0.2, 0.25) is 5.02 Å². The summed E-state index contributed by atoms with van der Waals surface area (Å²) in [5, 5.41) is 7.14. The van der Waals surface area contributed by atoms with E-state index in [4.69, 9.17) is 11.6 Å².